The number of ether oxygens (including phenoxy) is 1. The van der Waals surface area contributed by atoms with Crippen LogP contribution in [0.4, 0.5) is 30.4 Å². The highest BCUT2D eigenvalue weighted by atomic mass is 19.4. The van der Waals surface area contributed by atoms with E-state index in [2.05, 4.69) is 15.4 Å². The summed E-state index contributed by atoms with van der Waals surface area (Å²) < 4.78 is 46.4. The van der Waals surface area contributed by atoms with Crippen molar-refractivity contribution in [1.82, 2.24) is 14.8 Å². The van der Waals surface area contributed by atoms with Crippen molar-refractivity contribution in [3.63, 3.8) is 0 Å². The number of alkyl halides is 3. The Morgan fingerprint density at radius 3 is 2.45 bits per heavy atom. The van der Waals surface area contributed by atoms with Crippen LogP contribution in [-0.2, 0) is 13.2 Å². The number of anilines is 3. The highest BCUT2D eigenvalue weighted by Gasteiger charge is 2.30. The first-order valence-electron chi connectivity index (χ1n) is 9.25. The molecule has 4 aromatic rings. The van der Waals surface area contributed by atoms with E-state index in [9.17, 15) is 13.2 Å². The van der Waals surface area contributed by atoms with Crippen LogP contribution in [0.25, 0.3) is 11.1 Å². The van der Waals surface area contributed by atoms with Crippen LogP contribution in [-0.4, -0.2) is 14.8 Å². The quantitative estimate of drug-likeness (QED) is 0.406. The molecule has 0 bridgehead atoms. The summed E-state index contributed by atoms with van der Waals surface area (Å²) in [6, 6.07) is 13.4. The summed E-state index contributed by atoms with van der Waals surface area (Å²) in [4.78, 5) is 4.38. The third-order valence-corrected chi connectivity index (χ3v) is 4.45. The van der Waals surface area contributed by atoms with Crippen LogP contribution in [0.1, 0.15) is 5.56 Å². The molecule has 0 radical (unpaired) electrons. The number of hydrogen-bond acceptors (Lipinski definition) is 5. The van der Waals surface area contributed by atoms with Gasteiger partial charge in [-0.25, -0.2) is 4.98 Å². The monoisotopic (exact) mass is 425 g/mol. The first kappa shape index (κ1) is 20.3. The average Bonchev–Trinajstić information content (AvgIpc) is 3.12. The molecule has 2 heterocycles. The predicted octanol–water partition coefficient (Wildman–Crippen LogP) is 5.62. The molecular formula is C22H18F3N5O. The van der Waals surface area contributed by atoms with E-state index >= 15 is 0 Å². The van der Waals surface area contributed by atoms with Crippen LogP contribution in [0.15, 0.2) is 73.2 Å². The van der Waals surface area contributed by atoms with Gasteiger partial charge in [-0.1, -0.05) is 18.2 Å². The van der Waals surface area contributed by atoms with Gasteiger partial charge < -0.3 is 15.8 Å². The summed E-state index contributed by atoms with van der Waals surface area (Å²) in [6.07, 6.45) is 0.561. The van der Waals surface area contributed by atoms with Gasteiger partial charge in [-0.2, -0.15) is 18.3 Å². The van der Waals surface area contributed by atoms with Crippen LogP contribution in [0.3, 0.4) is 0 Å². The van der Waals surface area contributed by atoms with Gasteiger partial charge in [0.2, 0.25) is 0 Å². The highest BCUT2D eigenvalue weighted by Crippen LogP contribution is 2.37. The fraction of sp³-hybridized carbons (Fsp3) is 0.0909. The molecule has 3 N–H and O–H groups in total. The lowest BCUT2D eigenvalue weighted by molar-refractivity contribution is -0.137. The lowest BCUT2D eigenvalue weighted by atomic mass is 10.0. The number of nitrogens with one attached hydrogen (secondary N) is 1. The Hall–Kier alpha value is -4.01. The maximum absolute atomic E-state index is 12.9. The largest absolute Gasteiger partial charge is 0.456 e. The Morgan fingerprint density at radius 1 is 1.03 bits per heavy atom. The molecule has 0 spiro atoms. The van der Waals surface area contributed by atoms with Crippen molar-refractivity contribution in [3.8, 4) is 22.6 Å². The van der Waals surface area contributed by atoms with Crippen molar-refractivity contribution in [1.29, 1.82) is 0 Å². The highest BCUT2D eigenvalue weighted by molar-refractivity contribution is 5.73. The second-order valence-electron chi connectivity index (χ2n) is 6.84. The van der Waals surface area contributed by atoms with E-state index in [1.54, 1.807) is 60.7 Å². The molecule has 0 fully saturated rings. The van der Waals surface area contributed by atoms with Gasteiger partial charge in [0.15, 0.2) is 0 Å². The van der Waals surface area contributed by atoms with Crippen molar-refractivity contribution in [2.24, 2.45) is 7.05 Å². The van der Waals surface area contributed by atoms with E-state index < -0.39 is 11.7 Å². The summed E-state index contributed by atoms with van der Waals surface area (Å²) in [5.41, 5.74) is 7.43. The number of halogens is 3. The van der Waals surface area contributed by atoms with Crippen molar-refractivity contribution < 1.29 is 17.9 Å². The van der Waals surface area contributed by atoms with Gasteiger partial charge in [0.1, 0.15) is 17.3 Å². The molecule has 2 aromatic heterocycles. The first-order valence-corrected chi connectivity index (χ1v) is 9.25. The lowest BCUT2D eigenvalue weighted by Gasteiger charge is -2.14. The molecule has 2 aromatic carbocycles. The zero-order chi connectivity index (χ0) is 22.0. The van der Waals surface area contributed by atoms with Gasteiger partial charge in [-0.05, 0) is 29.8 Å². The Labute approximate surface area is 176 Å². The molecule has 158 valence electrons. The van der Waals surface area contributed by atoms with Crippen LogP contribution in [0.5, 0.6) is 11.5 Å². The second kappa shape index (κ2) is 8.02. The number of nitrogens with zero attached hydrogens (tertiary/aromatic N) is 3. The fourth-order valence-electron chi connectivity index (χ4n) is 2.98. The molecule has 0 unspecified atom stereocenters. The Balaban J connectivity index is 1.72. The maximum Gasteiger partial charge on any atom is 0.416 e. The van der Waals surface area contributed by atoms with Gasteiger partial charge in [0, 0.05) is 42.8 Å². The number of nitrogens with two attached hydrogens (primary N) is 1. The van der Waals surface area contributed by atoms with Gasteiger partial charge in [0.25, 0.3) is 0 Å². The van der Waals surface area contributed by atoms with Gasteiger partial charge in [-0.3, -0.25) is 4.68 Å². The minimum Gasteiger partial charge on any atom is -0.456 e. The zero-order valence-corrected chi connectivity index (χ0v) is 16.4. The maximum atomic E-state index is 12.9. The minimum absolute atomic E-state index is 0.409. The van der Waals surface area contributed by atoms with Gasteiger partial charge in [-0.15, -0.1) is 0 Å². The number of aryl methyl sites for hydroxylation is 1. The summed E-state index contributed by atoms with van der Waals surface area (Å²) >= 11 is 0. The number of aromatic nitrogens is 3. The van der Waals surface area contributed by atoms with E-state index in [0.29, 0.717) is 34.1 Å². The van der Waals surface area contributed by atoms with Crippen molar-refractivity contribution in [2.45, 2.75) is 6.18 Å². The van der Waals surface area contributed by atoms with Crippen molar-refractivity contribution in [2.75, 3.05) is 11.1 Å². The van der Waals surface area contributed by atoms with Crippen LogP contribution in [0.2, 0.25) is 0 Å². The number of nitrogen functional groups attached to an aromatic ring is 1. The van der Waals surface area contributed by atoms with Gasteiger partial charge >= 0.3 is 6.18 Å². The van der Waals surface area contributed by atoms with Gasteiger partial charge in [0.05, 0.1) is 17.4 Å². The Morgan fingerprint density at radius 2 is 1.81 bits per heavy atom. The standard InChI is InChI=1S/C22H18F3N5O/c1-30-13-17(11-28-30)29-21-10-20(31-18-4-2-3-16(26)9-18)19(12-27-21)14-5-7-15(8-6-14)22(23,24)25/h2-13H,26H2,1H3,(H,27,29). The van der Waals surface area contributed by atoms with Crippen molar-refractivity contribution >= 4 is 17.2 Å². The normalized spacial score (nSPS) is 11.4. The van der Waals surface area contributed by atoms with Crippen LogP contribution >= 0.6 is 0 Å². The summed E-state index contributed by atoms with van der Waals surface area (Å²) in [5, 5.41) is 7.22. The molecule has 0 atom stereocenters. The lowest BCUT2D eigenvalue weighted by Crippen LogP contribution is -2.04. The molecule has 0 saturated heterocycles. The smallest absolute Gasteiger partial charge is 0.416 e. The summed E-state index contributed by atoms with van der Waals surface area (Å²) in [6.45, 7) is 0. The van der Waals surface area contributed by atoms with Crippen LogP contribution in [0, 0.1) is 0 Å². The molecule has 0 amide bonds. The summed E-state index contributed by atoms with van der Waals surface area (Å²) in [7, 11) is 1.79. The topological polar surface area (TPSA) is 78.0 Å². The molecule has 6 nitrogen and oxygen atoms in total. The fourth-order valence-corrected chi connectivity index (χ4v) is 2.98. The van der Waals surface area contributed by atoms with E-state index in [1.165, 1.54) is 12.1 Å². The number of rotatable bonds is 5. The summed E-state index contributed by atoms with van der Waals surface area (Å²) in [5.74, 6) is 1.39. The second-order valence-corrected chi connectivity index (χ2v) is 6.84. The number of pyridine rings is 1. The molecule has 0 aliphatic carbocycles. The molecule has 31 heavy (non-hydrogen) atoms. The first-order chi connectivity index (χ1) is 14.8. The molecule has 0 aliphatic rings. The molecule has 9 heteroatoms. The van der Waals surface area contributed by atoms with E-state index in [0.717, 1.165) is 17.8 Å². The Kier molecular flexibility index (Phi) is 5.24. The number of benzene rings is 2. The molecule has 0 saturated carbocycles. The Bertz CT molecular complexity index is 1200. The minimum atomic E-state index is -4.41. The van der Waals surface area contributed by atoms with E-state index in [4.69, 9.17) is 10.5 Å². The van der Waals surface area contributed by atoms with E-state index in [-0.39, 0.29) is 0 Å². The van der Waals surface area contributed by atoms with E-state index in [1.807, 2.05) is 0 Å². The average molecular weight is 425 g/mol. The zero-order valence-electron chi connectivity index (χ0n) is 16.4. The molecule has 4 rings (SSSR count). The number of hydrogen-bond donors (Lipinski definition) is 2. The third-order valence-electron chi connectivity index (χ3n) is 4.45. The predicted molar refractivity (Wildman–Crippen MR) is 112 cm³/mol. The molecule has 0 aliphatic heterocycles. The molecular weight excluding hydrogens is 407 g/mol. The van der Waals surface area contributed by atoms with Crippen LogP contribution < -0.4 is 15.8 Å². The third kappa shape index (κ3) is 4.77. The van der Waals surface area contributed by atoms with Crippen molar-refractivity contribution in [3.05, 3.63) is 78.8 Å². The SMILES string of the molecule is Cn1cc(Nc2cc(Oc3cccc(N)c3)c(-c3ccc(C(F)(F)F)cc3)cn2)cn1.